The fourth-order valence-electron chi connectivity index (χ4n) is 3.36. The summed E-state index contributed by atoms with van der Waals surface area (Å²) in [5.41, 5.74) is 2.53. The second kappa shape index (κ2) is 11.6. The van der Waals surface area contributed by atoms with Crippen molar-refractivity contribution < 1.29 is 26.8 Å². The number of benzene rings is 2. The quantitative estimate of drug-likeness (QED) is 0.203. The summed E-state index contributed by atoms with van der Waals surface area (Å²) in [6, 6.07) is 8.77. The number of carbonyl (C=O) groups excluding carboxylic acids is 1. The molecule has 1 fully saturated rings. The number of halogens is 4. The van der Waals surface area contributed by atoms with E-state index < -0.39 is 43.7 Å². The van der Waals surface area contributed by atoms with Gasteiger partial charge < -0.3 is 5.32 Å². The van der Waals surface area contributed by atoms with Crippen molar-refractivity contribution >= 4 is 61.5 Å². The number of pyridine rings is 1. The van der Waals surface area contributed by atoms with Crippen molar-refractivity contribution in [2.75, 3.05) is 11.9 Å². The van der Waals surface area contributed by atoms with Crippen LogP contribution in [0.1, 0.15) is 34.5 Å². The van der Waals surface area contributed by atoms with Gasteiger partial charge in [0.25, 0.3) is 5.91 Å². The molecule has 1 aliphatic carbocycles. The lowest BCUT2D eigenvalue weighted by Gasteiger charge is -2.17. The van der Waals surface area contributed by atoms with Crippen LogP contribution in [0.2, 0.25) is 5.02 Å². The van der Waals surface area contributed by atoms with E-state index in [4.69, 9.17) is 16.4 Å². The number of hydrogen-bond acceptors (Lipinski definition) is 6. The highest BCUT2D eigenvalue weighted by molar-refractivity contribution is 14.1. The molecule has 196 valence electrons. The Bertz CT molecular complexity index is 1450. The molecule has 4 rings (SSSR count). The van der Waals surface area contributed by atoms with Crippen LogP contribution in [-0.4, -0.2) is 25.9 Å². The summed E-state index contributed by atoms with van der Waals surface area (Å²) in [7, 11) is -4.57. The van der Waals surface area contributed by atoms with Crippen LogP contribution in [0.4, 0.5) is 20.2 Å². The highest BCUT2D eigenvalue weighted by atomic mass is 127. The van der Waals surface area contributed by atoms with Crippen LogP contribution in [0.5, 0.6) is 0 Å². The Labute approximate surface area is 231 Å². The number of nitrogens with one attached hydrogen (secondary N) is 3. The van der Waals surface area contributed by atoms with E-state index in [0.29, 0.717) is 17.2 Å². The van der Waals surface area contributed by atoms with E-state index >= 15 is 8.78 Å². The third-order valence-corrected chi connectivity index (χ3v) is 7.89. The molecule has 1 amide bonds. The van der Waals surface area contributed by atoms with Crippen molar-refractivity contribution in [1.82, 2.24) is 15.2 Å². The normalized spacial score (nSPS) is 13.4. The molecule has 1 aromatic heterocycles. The van der Waals surface area contributed by atoms with Crippen molar-refractivity contribution in [3.63, 3.8) is 0 Å². The third-order valence-electron chi connectivity index (χ3n) is 5.51. The highest BCUT2D eigenvalue weighted by Crippen LogP contribution is 2.34. The summed E-state index contributed by atoms with van der Waals surface area (Å²) in [6.07, 6.45) is 3.42. The largest absolute Gasteiger partial charge is 0.351 e. The molecule has 0 radical (unpaired) electrons. The molecule has 0 unspecified atom stereocenters. The number of amides is 1. The summed E-state index contributed by atoms with van der Waals surface area (Å²) in [6.45, 7) is 1.78. The van der Waals surface area contributed by atoms with Gasteiger partial charge in [-0.25, -0.2) is 27.4 Å². The van der Waals surface area contributed by atoms with Crippen LogP contribution in [0.25, 0.3) is 0 Å². The molecule has 1 saturated carbocycles. The number of sulfonamides is 1. The van der Waals surface area contributed by atoms with Crippen LogP contribution in [0.15, 0.2) is 47.5 Å². The summed E-state index contributed by atoms with van der Waals surface area (Å²) < 4.78 is 59.5. The first-order valence-electron chi connectivity index (χ1n) is 11.1. The first-order valence-corrected chi connectivity index (χ1v) is 14.1. The Morgan fingerprint density at radius 2 is 1.95 bits per heavy atom. The standard InChI is InChI=1S/C24H22ClF2IN4O4S/c1-13-8-15(6-7-29-13)11-30-37(34,35)20-10-17(24(33)32-36-12-14-2-3-14)23(22(27)21(20)26)31-19-5-4-16(28)9-18(19)25/h4-10,14,30-31H,2-3,11-12H2,1H3,(H,32,33). The Morgan fingerprint density at radius 3 is 2.62 bits per heavy atom. The van der Waals surface area contributed by atoms with Crippen LogP contribution < -0.4 is 15.5 Å². The molecule has 37 heavy (non-hydrogen) atoms. The smallest absolute Gasteiger partial charge is 0.277 e. The number of hydrogen-bond donors (Lipinski definition) is 3. The van der Waals surface area contributed by atoms with Gasteiger partial charge in [0.2, 0.25) is 10.0 Å². The van der Waals surface area contributed by atoms with Gasteiger partial charge in [0.05, 0.1) is 28.6 Å². The lowest BCUT2D eigenvalue weighted by atomic mass is 10.1. The molecular weight excluding hydrogens is 641 g/mol. The van der Waals surface area contributed by atoms with Crippen molar-refractivity contribution in [3.05, 3.63) is 79.6 Å². The molecule has 3 N–H and O–H groups in total. The van der Waals surface area contributed by atoms with Gasteiger partial charge in [-0.15, -0.1) is 0 Å². The number of nitrogens with zero attached hydrogens (tertiary/aromatic N) is 1. The van der Waals surface area contributed by atoms with Crippen molar-refractivity contribution in [3.8, 4) is 0 Å². The minimum absolute atomic E-state index is 0.189. The summed E-state index contributed by atoms with van der Waals surface area (Å²) >= 11 is 8.25. The average molecular weight is 663 g/mol. The average Bonchev–Trinajstić information content (AvgIpc) is 3.66. The first kappa shape index (κ1) is 27.6. The number of anilines is 2. The molecule has 0 bridgehead atoms. The minimum atomic E-state index is -4.57. The van der Waals surface area contributed by atoms with Gasteiger partial charge in [-0.2, -0.15) is 0 Å². The lowest BCUT2D eigenvalue weighted by molar-refractivity contribution is 0.0270. The Hall–Kier alpha value is -2.39. The second-order valence-electron chi connectivity index (χ2n) is 8.49. The van der Waals surface area contributed by atoms with Crippen LogP contribution in [-0.2, 0) is 21.4 Å². The molecule has 0 saturated heterocycles. The molecule has 13 heteroatoms. The number of carbonyl (C=O) groups is 1. The van der Waals surface area contributed by atoms with Gasteiger partial charge >= 0.3 is 0 Å². The highest BCUT2D eigenvalue weighted by Gasteiger charge is 2.30. The number of aromatic nitrogens is 1. The van der Waals surface area contributed by atoms with Crippen LogP contribution in [0, 0.1) is 28.0 Å². The van der Waals surface area contributed by atoms with Crippen molar-refractivity contribution in [1.29, 1.82) is 0 Å². The number of hydroxylamine groups is 1. The maximum Gasteiger partial charge on any atom is 0.277 e. The van der Waals surface area contributed by atoms with E-state index in [-0.39, 0.29) is 23.9 Å². The summed E-state index contributed by atoms with van der Waals surface area (Å²) in [5, 5.41) is 2.81. The first-order chi connectivity index (χ1) is 17.5. The van der Waals surface area contributed by atoms with E-state index in [1.807, 2.05) is 22.6 Å². The van der Waals surface area contributed by atoms with E-state index in [2.05, 4.69) is 20.5 Å². The maximum absolute atomic E-state index is 15.4. The van der Waals surface area contributed by atoms with Crippen LogP contribution >= 0.6 is 34.2 Å². The Balaban J connectivity index is 1.70. The summed E-state index contributed by atoms with van der Waals surface area (Å²) in [4.78, 5) is 21.1. The van der Waals surface area contributed by atoms with Gasteiger partial charge in [-0.05, 0) is 90.2 Å². The van der Waals surface area contributed by atoms with Gasteiger partial charge in [-0.3, -0.25) is 14.6 Å². The van der Waals surface area contributed by atoms with Crippen LogP contribution in [0.3, 0.4) is 0 Å². The fourth-order valence-corrected chi connectivity index (χ4v) is 5.37. The second-order valence-corrected chi connectivity index (χ2v) is 11.9. The molecule has 2 aromatic carbocycles. The Morgan fingerprint density at radius 1 is 1.19 bits per heavy atom. The minimum Gasteiger partial charge on any atom is -0.351 e. The van der Waals surface area contributed by atoms with E-state index in [1.54, 1.807) is 31.2 Å². The number of aryl methyl sites for hydroxylation is 1. The lowest BCUT2D eigenvalue weighted by Crippen LogP contribution is -2.28. The molecule has 8 nitrogen and oxygen atoms in total. The molecule has 3 aromatic rings. The summed E-state index contributed by atoms with van der Waals surface area (Å²) in [5.74, 6) is -3.86. The molecule has 1 aliphatic rings. The predicted molar refractivity (Wildman–Crippen MR) is 143 cm³/mol. The monoisotopic (exact) mass is 662 g/mol. The zero-order valence-corrected chi connectivity index (χ0v) is 23.2. The fraction of sp³-hybridized carbons (Fsp3) is 0.250. The predicted octanol–water partition coefficient (Wildman–Crippen LogP) is 5.22. The number of rotatable bonds is 10. The van der Waals surface area contributed by atoms with Crippen molar-refractivity contribution in [2.45, 2.75) is 31.2 Å². The van der Waals surface area contributed by atoms with E-state index in [0.717, 1.165) is 22.5 Å². The van der Waals surface area contributed by atoms with Gasteiger partial charge in [0.1, 0.15) is 4.90 Å². The molecule has 0 atom stereocenters. The van der Waals surface area contributed by atoms with Crippen molar-refractivity contribution in [2.24, 2.45) is 5.92 Å². The van der Waals surface area contributed by atoms with Gasteiger partial charge in [-0.1, -0.05) is 11.6 Å². The molecule has 0 aliphatic heterocycles. The maximum atomic E-state index is 15.4. The Kier molecular flexibility index (Phi) is 8.63. The third kappa shape index (κ3) is 6.93. The topological polar surface area (TPSA) is 109 Å². The molecular formula is C24H22ClF2IN4O4S. The van der Waals surface area contributed by atoms with E-state index in [1.165, 1.54) is 12.3 Å². The molecule has 0 spiro atoms. The van der Waals surface area contributed by atoms with E-state index in [9.17, 15) is 13.2 Å². The SMILES string of the molecule is Cc1cc(CNS(=O)(=O)c2cc(C(=O)NOCC3CC3)c(Nc3ccc(I)cc3Cl)c(F)c2F)ccn1. The zero-order chi connectivity index (χ0) is 26.7. The van der Waals surface area contributed by atoms with Gasteiger partial charge in [0.15, 0.2) is 11.6 Å². The van der Waals surface area contributed by atoms with Gasteiger partial charge in [0, 0.05) is 22.0 Å². The molecule has 1 heterocycles. The zero-order valence-electron chi connectivity index (χ0n) is 19.4.